The summed E-state index contributed by atoms with van der Waals surface area (Å²) < 4.78 is 0. The lowest BCUT2D eigenvalue weighted by molar-refractivity contribution is -0.126. The van der Waals surface area contributed by atoms with Crippen LogP contribution in [0.2, 0.25) is 0 Å². The molecular formula is C15H29N3OS. The standard InChI is InChI=1S/C15H29N3OS/c1-3-5-12(6-4-2)15(19)17-13-7-9-18(10-8-13)11-14(16)20/h12-13H,3-11H2,1-2H3,(H2,16,20)(H,17,19). The molecule has 0 aromatic heterocycles. The van der Waals surface area contributed by atoms with Gasteiger partial charge in [0.25, 0.3) is 0 Å². The molecule has 0 aromatic carbocycles. The Morgan fingerprint density at radius 1 is 1.30 bits per heavy atom. The average molecular weight is 299 g/mol. The van der Waals surface area contributed by atoms with Crippen LogP contribution in [0.1, 0.15) is 52.4 Å². The van der Waals surface area contributed by atoms with Gasteiger partial charge in [0.2, 0.25) is 5.91 Å². The summed E-state index contributed by atoms with van der Waals surface area (Å²) in [5.74, 6) is 0.446. The lowest BCUT2D eigenvalue weighted by Gasteiger charge is -2.32. The molecule has 0 saturated carbocycles. The van der Waals surface area contributed by atoms with Gasteiger partial charge in [0.1, 0.15) is 0 Å². The minimum absolute atomic E-state index is 0.194. The fraction of sp³-hybridized carbons (Fsp3) is 0.867. The summed E-state index contributed by atoms with van der Waals surface area (Å²) in [5, 5.41) is 3.23. The maximum Gasteiger partial charge on any atom is 0.223 e. The zero-order valence-electron chi connectivity index (χ0n) is 12.9. The van der Waals surface area contributed by atoms with Gasteiger partial charge < -0.3 is 11.1 Å². The highest BCUT2D eigenvalue weighted by Gasteiger charge is 2.23. The first kappa shape index (κ1) is 17.4. The molecular weight excluding hydrogens is 270 g/mol. The van der Waals surface area contributed by atoms with Crippen LogP contribution in [0.5, 0.6) is 0 Å². The zero-order chi connectivity index (χ0) is 15.0. The van der Waals surface area contributed by atoms with Gasteiger partial charge >= 0.3 is 0 Å². The summed E-state index contributed by atoms with van der Waals surface area (Å²) >= 11 is 4.93. The summed E-state index contributed by atoms with van der Waals surface area (Å²) in [7, 11) is 0. The molecule has 1 aliphatic heterocycles. The molecule has 0 aliphatic carbocycles. The number of piperidine rings is 1. The fourth-order valence-corrected chi connectivity index (χ4v) is 3.06. The quantitative estimate of drug-likeness (QED) is 0.674. The summed E-state index contributed by atoms with van der Waals surface area (Å²) in [5.41, 5.74) is 5.57. The Bertz CT molecular complexity index is 308. The maximum atomic E-state index is 12.3. The van der Waals surface area contributed by atoms with Gasteiger partial charge in [-0.05, 0) is 25.7 Å². The third kappa shape index (κ3) is 6.18. The van der Waals surface area contributed by atoms with Crippen molar-refractivity contribution >= 4 is 23.1 Å². The van der Waals surface area contributed by atoms with E-state index < -0.39 is 0 Å². The molecule has 0 unspecified atom stereocenters. The molecule has 1 amide bonds. The highest BCUT2D eigenvalue weighted by atomic mass is 32.1. The molecule has 0 atom stereocenters. The molecule has 0 aromatic rings. The summed E-state index contributed by atoms with van der Waals surface area (Å²) in [6.45, 7) is 6.92. The van der Waals surface area contributed by atoms with Gasteiger partial charge in [-0.2, -0.15) is 0 Å². The van der Waals surface area contributed by atoms with Crippen molar-refractivity contribution in [2.45, 2.75) is 58.4 Å². The maximum absolute atomic E-state index is 12.3. The van der Waals surface area contributed by atoms with Crippen LogP contribution in [-0.4, -0.2) is 41.5 Å². The number of nitrogens with two attached hydrogens (primary N) is 1. The molecule has 1 aliphatic rings. The highest BCUT2D eigenvalue weighted by Crippen LogP contribution is 2.16. The van der Waals surface area contributed by atoms with Gasteiger partial charge in [0.15, 0.2) is 0 Å². The molecule has 1 rings (SSSR count). The molecule has 0 bridgehead atoms. The van der Waals surface area contributed by atoms with Gasteiger partial charge in [0, 0.05) is 31.6 Å². The Hall–Kier alpha value is -0.680. The minimum atomic E-state index is 0.194. The lowest BCUT2D eigenvalue weighted by Crippen LogP contribution is -2.47. The monoisotopic (exact) mass is 299 g/mol. The predicted octanol–water partition coefficient (Wildman–Crippen LogP) is 2.07. The van der Waals surface area contributed by atoms with Crippen molar-refractivity contribution in [1.82, 2.24) is 10.2 Å². The van der Waals surface area contributed by atoms with Crippen LogP contribution < -0.4 is 11.1 Å². The number of hydrogen-bond donors (Lipinski definition) is 2. The second kappa shape index (κ2) is 9.29. The van der Waals surface area contributed by atoms with E-state index in [2.05, 4.69) is 24.1 Å². The summed E-state index contributed by atoms with van der Waals surface area (Å²) in [6.07, 6.45) is 6.15. The highest BCUT2D eigenvalue weighted by molar-refractivity contribution is 7.80. The molecule has 4 nitrogen and oxygen atoms in total. The zero-order valence-corrected chi connectivity index (χ0v) is 13.7. The normalized spacial score (nSPS) is 17.4. The van der Waals surface area contributed by atoms with E-state index in [1.165, 1.54) is 0 Å². The predicted molar refractivity (Wildman–Crippen MR) is 87.7 cm³/mol. The Morgan fingerprint density at radius 3 is 2.30 bits per heavy atom. The molecule has 1 heterocycles. The largest absolute Gasteiger partial charge is 0.392 e. The SMILES string of the molecule is CCCC(CCC)C(=O)NC1CCN(CC(N)=S)CC1. The number of thiocarbonyl (C=S) groups is 1. The number of likely N-dealkylation sites (tertiary alicyclic amines) is 1. The number of nitrogens with zero attached hydrogens (tertiary/aromatic N) is 1. The van der Waals surface area contributed by atoms with E-state index in [1.807, 2.05) is 0 Å². The molecule has 116 valence electrons. The number of rotatable bonds is 8. The smallest absolute Gasteiger partial charge is 0.223 e. The molecule has 0 radical (unpaired) electrons. The topological polar surface area (TPSA) is 58.4 Å². The number of amides is 1. The summed E-state index contributed by atoms with van der Waals surface area (Å²) in [6, 6.07) is 0.321. The Morgan fingerprint density at radius 2 is 1.85 bits per heavy atom. The molecule has 1 saturated heterocycles. The third-order valence-electron chi connectivity index (χ3n) is 3.96. The van der Waals surface area contributed by atoms with E-state index in [1.54, 1.807) is 0 Å². The van der Waals surface area contributed by atoms with E-state index in [0.29, 0.717) is 17.6 Å². The van der Waals surface area contributed by atoms with Crippen molar-refractivity contribution in [2.75, 3.05) is 19.6 Å². The van der Waals surface area contributed by atoms with Gasteiger partial charge in [-0.3, -0.25) is 9.69 Å². The van der Waals surface area contributed by atoms with Crippen LogP contribution in [0.25, 0.3) is 0 Å². The first-order chi connectivity index (χ1) is 9.56. The van der Waals surface area contributed by atoms with Crippen LogP contribution in [0, 0.1) is 5.92 Å². The van der Waals surface area contributed by atoms with E-state index in [0.717, 1.165) is 51.6 Å². The lowest BCUT2D eigenvalue weighted by atomic mass is 9.96. The first-order valence-electron chi connectivity index (χ1n) is 7.87. The number of carbonyl (C=O) groups is 1. The second-order valence-corrected chi connectivity index (χ2v) is 6.32. The van der Waals surface area contributed by atoms with Gasteiger partial charge in [-0.15, -0.1) is 0 Å². The number of nitrogens with one attached hydrogen (secondary N) is 1. The van der Waals surface area contributed by atoms with Crippen LogP contribution in [0.4, 0.5) is 0 Å². The molecule has 5 heteroatoms. The van der Waals surface area contributed by atoms with Crippen LogP contribution in [0.15, 0.2) is 0 Å². The molecule has 0 spiro atoms. The van der Waals surface area contributed by atoms with Gasteiger partial charge in [-0.25, -0.2) is 0 Å². The fourth-order valence-electron chi connectivity index (χ4n) is 2.88. The number of hydrogen-bond acceptors (Lipinski definition) is 3. The summed E-state index contributed by atoms with van der Waals surface area (Å²) in [4.78, 5) is 15.1. The van der Waals surface area contributed by atoms with E-state index in [-0.39, 0.29) is 11.8 Å². The Kier molecular flexibility index (Phi) is 8.07. The Balaban J connectivity index is 2.34. The average Bonchev–Trinajstić information content (AvgIpc) is 2.40. The minimum Gasteiger partial charge on any atom is -0.392 e. The first-order valence-corrected chi connectivity index (χ1v) is 8.28. The molecule has 3 N–H and O–H groups in total. The van der Waals surface area contributed by atoms with Crippen molar-refractivity contribution in [3.63, 3.8) is 0 Å². The van der Waals surface area contributed by atoms with Crippen molar-refractivity contribution in [3.8, 4) is 0 Å². The second-order valence-electron chi connectivity index (χ2n) is 5.80. The van der Waals surface area contributed by atoms with Gasteiger partial charge in [-0.1, -0.05) is 38.9 Å². The molecule has 1 fully saturated rings. The van der Waals surface area contributed by atoms with Crippen LogP contribution in [-0.2, 0) is 4.79 Å². The van der Waals surface area contributed by atoms with Crippen molar-refractivity contribution < 1.29 is 4.79 Å². The molecule has 20 heavy (non-hydrogen) atoms. The van der Waals surface area contributed by atoms with Crippen molar-refractivity contribution in [1.29, 1.82) is 0 Å². The van der Waals surface area contributed by atoms with E-state index >= 15 is 0 Å². The number of carbonyl (C=O) groups excluding carboxylic acids is 1. The van der Waals surface area contributed by atoms with Crippen LogP contribution in [0.3, 0.4) is 0 Å². The van der Waals surface area contributed by atoms with Gasteiger partial charge in [0.05, 0.1) is 4.99 Å². The Labute approximate surface area is 128 Å². The van der Waals surface area contributed by atoms with E-state index in [9.17, 15) is 4.79 Å². The van der Waals surface area contributed by atoms with Crippen LogP contribution >= 0.6 is 12.2 Å². The van der Waals surface area contributed by atoms with Crippen molar-refractivity contribution in [3.05, 3.63) is 0 Å². The third-order valence-corrected chi connectivity index (χ3v) is 4.09. The van der Waals surface area contributed by atoms with Crippen molar-refractivity contribution in [2.24, 2.45) is 11.7 Å². The van der Waals surface area contributed by atoms with E-state index in [4.69, 9.17) is 18.0 Å².